The molecule has 0 aliphatic carbocycles. The molecule has 0 radical (unpaired) electrons. The van der Waals surface area contributed by atoms with Crippen molar-refractivity contribution in [2.45, 2.75) is 6.54 Å². The molecule has 0 unspecified atom stereocenters. The minimum atomic E-state index is -0.625. The summed E-state index contributed by atoms with van der Waals surface area (Å²) in [5, 5.41) is 2.47. The predicted molar refractivity (Wildman–Crippen MR) is 102 cm³/mol. The van der Waals surface area contributed by atoms with Crippen molar-refractivity contribution in [1.82, 2.24) is 18.7 Å². The Balaban J connectivity index is 2.00. The van der Waals surface area contributed by atoms with Crippen LogP contribution >= 0.6 is 11.6 Å². The number of ether oxygens (including phenoxy) is 1. The summed E-state index contributed by atoms with van der Waals surface area (Å²) in [6.45, 7) is -0.349. The molecule has 1 N–H and O–H groups in total. The maximum absolute atomic E-state index is 12.5. The van der Waals surface area contributed by atoms with Gasteiger partial charge in [-0.15, -0.1) is 0 Å². The monoisotopic (exact) mass is 405 g/mol. The third-order valence-corrected chi connectivity index (χ3v) is 4.50. The molecule has 0 atom stereocenters. The Labute approximate surface area is 162 Å². The summed E-state index contributed by atoms with van der Waals surface area (Å²) in [5.41, 5.74) is -0.666. The normalized spacial score (nSPS) is 10.9. The summed E-state index contributed by atoms with van der Waals surface area (Å²) in [5.74, 6) is -1.15. The number of para-hydroxylation sites is 1. The number of halogens is 1. The van der Waals surface area contributed by atoms with Crippen molar-refractivity contribution in [2.24, 2.45) is 14.1 Å². The minimum absolute atomic E-state index is 0.0194. The molecule has 3 aromatic rings. The number of nitrogens with one attached hydrogen (secondary N) is 1. The minimum Gasteiger partial charge on any atom is -0.465 e. The summed E-state index contributed by atoms with van der Waals surface area (Å²) >= 11 is 6.10. The number of nitrogens with zero attached hydrogens (tertiary/aromatic N) is 4. The van der Waals surface area contributed by atoms with Crippen LogP contribution in [0.25, 0.3) is 11.2 Å². The third-order valence-electron chi connectivity index (χ3n) is 4.21. The number of imidazole rings is 1. The molecule has 146 valence electrons. The van der Waals surface area contributed by atoms with Crippen molar-refractivity contribution in [3.8, 4) is 0 Å². The van der Waals surface area contributed by atoms with Gasteiger partial charge in [-0.1, -0.05) is 12.1 Å². The summed E-state index contributed by atoms with van der Waals surface area (Å²) < 4.78 is 7.97. The number of amides is 1. The van der Waals surface area contributed by atoms with Gasteiger partial charge in [0.25, 0.3) is 5.56 Å². The number of rotatable bonds is 4. The molecule has 0 saturated carbocycles. The number of carbonyl (C=O) groups is 2. The van der Waals surface area contributed by atoms with Gasteiger partial charge in [0.15, 0.2) is 11.2 Å². The van der Waals surface area contributed by atoms with E-state index in [0.717, 1.165) is 4.57 Å². The second kappa shape index (κ2) is 7.31. The molecule has 11 heteroatoms. The van der Waals surface area contributed by atoms with Crippen molar-refractivity contribution in [1.29, 1.82) is 0 Å². The first-order chi connectivity index (χ1) is 13.3. The average molecular weight is 406 g/mol. The zero-order valence-electron chi connectivity index (χ0n) is 15.2. The Morgan fingerprint density at radius 2 is 1.86 bits per heavy atom. The first kappa shape index (κ1) is 19.4. The molecule has 0 aliphatic heterocycles. The van der Waals surface area contributed by atoms with Crippen molar-refractivity contribution in [3.63, 3.8) is 0 Å². The topological polar surface area (TPSA) is 117 Å². The van der Waals surface area contributed by atoms with E-state index in [9.17, 15) is 19.2 Å². The van der Waals surface area contributed by atoms with E-state index in [-0.39, 0.29) is 34.2 Å². The number of hydrogen-bond acceptors (Lipinski definition) is 6. The molecule has 0 aliphatic rings. The highest BCUT2D eigenvalue weighted by atomic mass is 35.5. The lowest BCUT2D eigenvalue weighted by molar-refractivity contribution is -0.116. The van der Waals surface area contributed by atoms with Crippen LogP contribution in [0, 0.1) is 0 Å². The van der Waals surface area contributed by atoms with E-state index in [1.54, 1.807) is 18.2 Å². The van der Waals surface area contributed by atoms with Crippen molar-refractivity contribution >= 4 is 40.3 Å². The van der Waals surface area contributed by atoms with Crippen LogP contribution in [0.1, 0.15) is 10.4 Å². The fourth-order valence-electron chi connectivity index (χ4n) is 2.78. The first-order valence-electron chi connectivity index (χ1n) is 8.05. The van der Waals surface area contributed by atoms with Crippen LogP contribution in [0.15, 0.2) is 33.9 Å². The molecule has 0 saturated heterocycles. The van der Waals surface area contributed by atoms with E-state index in [1.165, 1.54) is 36.4 Å². The predicted octanol–water partition coefficient (Wildman–Crippen LogP) is 0.512. The van der Waals surface area contributed by atoms with E-state index in [1.807, 2.05) is 0 Å². The van der Waals surface area contributed by atoms with E-state index in [4.69, 9.17) is 16.3 Å². The Morgan fingerprint density at radius 3 is 2.54 bits per heavy atom. The van der Waals surface area contributed by atoms with Crippen LogP contribution < -0.4 is 16.6 Å². The van der Waals surface area contributed by atoms with Gasteiger partial charge in [-0.2, -0.15) is 4.98 Å². The van der Waals surface area contributed by atoms with Crippen molar-refractivity contribution in [2.75, 3.05) is 12.4 Å². The highest BCUT2D eigenvalue weighted by molar-refractivity contribution is 6.29. The summed E-state index contributed by atoms with van der Waals surface area (Å²) in [7, 11) is 4.00. The summed E-state index contributed by atoms with van der Waals surface area (Å²) in [4.78, 5) is 52.9. The van der Waals surface area contributed by atoms with Crippen LogP contribution in [0.5, 0.6) is 0 Å². The molecule has 3 rings (SSSR count). The smallest absolute Gasteiger partial charge is 0.339 e. The van der Waals surface area contributed by atoms with Gasteiger partial charge in [0.1, 0.15) is 6.54 Å². The SMILES string of the molecule is COC(=O)c1ccccc1NC(=O)Cn1c(Cl)nc2c1c(=O)n(C)c(=O)n2C. The zero-order valence-corrected chi connectivity index (χ0v) is 16.0. The maximum atomic E-state index is 12.5. The highest BCUT2D eigenvalue weighted by Crippen LogP contribution is 2.18. The number of fused-ring (bicyclic) bond motifs is 1. The van der Waals surface area contributed by atoms with Gasteiger partial charge in [0.2, 0.25) is 11.2 Å². The molecule has 1 aromatic carbocycles. The number of esters is 1. The molecule has 2 aromatic heterocycles. The molecule has 1 amide bonds. The van der Waals surface area contributed by atoms with Crippen LogP contribution in [0.4, 0.5) is 5.69 Å². The largest absolute Gasteiger partial charge is 0.465 e. The van der Waals surface area contributed by atoms with E-state index in [2.05, 4.69) is 10.3 Å². The lowest BCUT2D eigenvalue weighted by Crippen LogP contribution is -2.37. The molecule has 10 nitrogen and oxygen atoms in total. The quantitative estimate of drug-likeness (QED) is 0.499. The third kappa shape index (κ3) is 3.18. The lowest BCUT2D eigenvalue weighted by Gasteiger charge is -2.11. The van der Waals surface area contributed by atoms with Gasteiger partial charge in [-0.3, -0.25) is 23.3 Å². The molecule has 28 heavy (non-hydrogen) atoms. The lowest BCUT2D eigenvalue weighted by atomic mass is 10.2. The van der Waals surface area contributed by atoms with Crippen LogP contribution in [0.2, 0.25) is 5.28 Å². The fourth-order valence-corrected chi connectivity index (χ4v) is 3.00. The van der Waals surface area contributed by atoms with Gasteiger partial charge >= 0.3 is 11.7 Å². The van der Waals surface area contributed by atoms with Gasteiger partial charge in [0, 0.05) is 14.1 Å². The van der Waals surface area contributed by atoms with Gasteiger partial charge in [-0.25, -0.2) is 9.59 Å². The molecule has 0 fully saturated rings. The van der Waals surface area contributed by atoms with Crippen LogP contribution in [-0.2, 0) is 30.2 Å². The first-order valence-corrected chi connectivity index (χ1v) is 8.43. The van der Waals surface area contributed by atoms with Crippen molar-refractivity contribution in [3.05, 3.63) is 56.0 Å². The molecule has 0 spiro atoms. The zero-order chi connectivity index (χ0) is 20.6. The Morgan fingerprint density at radius 1 is 1.18 bits per heavy atom. The number of carbonyl (C=O) groups excluding carboxylic acids is 2. The standard InChI is InChI=1S/C17H16ClN5O5/c1-21-13-12(14(25)22(2)17(21)27)23(16(18)20-13)8-11(24)19-10-7-5-4-6-9(10)15(26)28-3/h4-7H,8H2,1-3H3,(H,19,24). The molecular formula is C17H16ClN5O5. The molecular weight excluding hydrogens is 390 g/mol. The average Bonchev–Trinajstić information content (AvgIpc) is 3.00. The number of aromatic nitrogens is 4. The second-order valence-corrected chi connectivity index (χ2v) is 6.27. The van der Waals surface area contributed by atoms with E-state index >= 15 is 0 Å². The fraction of sp³-hybridized carbons (Fsp3) is 0.235. The molecule has 2 heterocycles. The summed E-state index contributed by atoms with van der Waals surface area (Å²) in [6, 6.07) is 6.33. The Kier molecular flexibility index (Phi) is 5.06. The summed E-state index contributed by atoms with van der Waals surface area (Å²) in [6.07, 6.45) is 0. The highest BCUT2D eigenvalue weighted by Gasteiger charge is 2.20. The Bertz CT molecular complexity index is 1220. The van der Waals surface area contributed by atoms with E-state index in [0.29, 0.717) is 0 Å². The number of hydrogen-bond donors (Lipinski definition) is 1. The number of aryl methyl sites for hydroxylation is 1. The number of methoxy groups -OCH3 is 1. The van der Waals surface area contributed by atoms with Crippen LogP contribution in [0.3, 0.4) is 0 Å². The van der Waals surface area contributed by atoms with E-state index < -0.39 is 23.1 Å². The van der Waals surface area contributed by atoms with Crippen LogP contribution in [-0.4, -0.2) is 37.7 Å². The van der Waals surface area contributed by atoms with Gasteiger partial charge < -0.3 is 10.1 Å². The number of anilines is 1. The van der Waals surface area contributed by atoms with Crippen molar-refractivity contribution < 1.29 is 14.3 Å². The Hall–Kier alpha value is -3.40. The van der Waals surface area contributed by atoms with Gasteiger partial charge in [0.05, 0.1) is 18.4 Å². The molecule has 0 bridgehead atoms. The van der Waals surface area contributed by atoms with Gasteiger partial charge in [-0.05, 0) is 23.7 Å². The second-order valence-electron chi connectivity index (χ2n) is 5.93. The maximum Gasteiger partial charge on any atom is 0.339 e. The number of benzene rings is 1.